The van der Waals surface area contributed by atoms with Gasteiger partial charge in [0, 0.05) is 29.9 Å². The van der Waals surface area contributed by atoms with Crippen molar-refractivity contribution in [3.05, 3.63) is 36.2 Å². The molecule has 1 saturated heterocycles. The van der Waals surface area contributed by atoms with Gasteiger partial charge in [-0.15, -0.1) is 0 Å². The number of aromatic nitrogens is 1. The van der Waals surface area contributed by atoms with Gasteiger partial charge >= 0.3 is 6.03 Å². The number of fused-ring (bicyclic) bond motifs is 1. The van der Waals surface area contributed by atoms with E-state index in [1.807, 2.05) is 18.3 Å². The van der Waals surface area contributed by atoms with E-state index in [0.717, 1.165) is 22.9 Å². The maximum atomic E-state index is 12.1. The number of pyridine rings is 1. The van der Waals surface area contributed by atoms with Crippen molar-refractivity contribution in [2.75, 3.05) is 11.4 Å². The lowest BCUT2D eigenvalue weighted by molar-refractivity contribution is -0.120. The summed E-state index contributed by atoms with van der Waals surface area (Å²) in [5.41, 5.74) is 2.00. The SMILES string of the molecule is CCC(C)c1cccc2c(N3CCC(=O)NC3=O)cncc12. The molecule has 1 atom stereocenters. The Morgan fingerprint density at radius 2 is 2.09 bits per heavy atom. The number of hydrogen-bond acceptors (Lipinski definition) is 3. The van der Waals surface area contributed by atoms with Crippen LogP contribution >= 0.6 is 0 Å². The number of nitrogens with one attached hydrogen (secondary N) is 1. The van der Waals surface area contributed by atoms with Gasteiger partial charge in [0.1, 0.15) is 0 Å². The zero-order valence-electron chi connectivity index (χ0n) is 12.8. The van der Waals surface area contributed by atoms with Crippen LogP contribution < -0.4 is 10.2 Å². The maximum Gasteiger partial charge on any atom is 0.328 e. The van der Waals surface area contributed by atoms with Crippen molar-refractivity contribution in [2.24, 2.45) is 0 Å². The van der Waals surface area contributed by atoms with Gasteiger partial charge in [0.15, 0.2) is 0 Å². The minimum absolute atomic E-state index is 0.227. The molecule has 1 unspecified atom stereocenters. The van der Waals surface area contributed by atoms with E-state index in [4.69, 9.17) is 0 Å². The summed E-state index contributed by atoms with van der Waals surface area (Å²) in [6.45, 7) is 4.73. The van der Waals surface area contributed by atoms with Crippen LogP contribution in [0.15, 0.2) is 30.6 Å². The van der Waals surface area contributed by atoms with Crippen molar-refractivity contribution < 1.29 is 9.59 Å². The molecule has 1 aromatic carbocycles. The number of nitrogens with zero attached hydrogens (tertiary/aromatic N) is 2. The monoisotopic (exact) mass is 297 g/mol. The van der Waals surface area contributed by atoms with Gasteiger partial charge < -0.3 is 0 Å². The fraction of sp³-hybridized carbons (Fsp3) is 0.353. The van der Waals surface area contributed by atoms with Gasteiger partial charge in [0.25, 0.3) is 0 Å². The molecule has 1 fully saturated rings. The van der Waals surface area contributed by atoms with Crippen molar-refractivity contribution in [2.45, 2.75) is 32.6 Å². The average molecular weight is 297 g/mol. The molecule has 114 valence electrons. The van der Waals surface area contributed by atoms with Gasteiger partial charge in [-0.25, -0.2) is 4.79 Å². The van der Waals surface area contributed by atoms with E-state index in [1.165, 1.54) is 5.56 Å². The van der Waals surface area contributed by atoms with Gasteiger partial charge in [-0.1, -0.05) is 32.0 Å². The van der Waals surface area contributed by atoms with Crippen molar-refractivity contribution >= 4 is 28.4 Å². The van der Waals surface area contributed by atoms with Crippen LogP contribution in [0.5, 0.6) is 0 Å². The van der Waals surface area contributed by atoms with Gasteiger partial charge in [0.2, 0.25) is 5.91 Å². The molecule has 5 heteroatoms. The predicted octanol–water partition coefficient (Wildman–Crippen LogP) is 3.19. The number of benzene rings is 1. The molecular weight excluding hydrogens is 278 g/mol. The van der Waals surface area contributed by atoms with Crippen LogP contribution in [0.2, 0.25) is 0 Å². The number of imide groups is 1. The molecule has 3 amide bonds. The lowest BCUT2D eigenvalue weighted by atomic mass is 9.93. The smallest absolute Gasteiger partial charge is 0.291 e. The summed E-state index contributed by atoms with van der Waals surface area (Å²) in [6.07, 6.45) is 4.90. The number of urea groups is 1. The van der Waals surface area contributed by atoms with E-state index in [9.17, 15) is 9.59 Å². The maximum absolute atomic E-state index is 12.1. The van der Waals surface area contributed by atoms with Gasteiger partial charge in [-0.05, 0) is 17.9 Å². The van der Waals surface area contributed by atoms with Crippen LogP contribution in [0.4, 0.5) is 10.5 Å². The number of hydrogen-bond donors (Lipinski definition) is 1. The van der Waals surface area contributed by atoms with E-state index in [1.54, 1.807) is 11.1 Å². The first-order valence-corrected chi connectivity index (χ1v) is 7.59. The second-order valence-electron chi connectivity index (χ2n) is 5.67. The van der Waals surface area contributed by atoms with Crippen molar-refractivity contribution in [3.8, 4) is 0 Å². The van der Waals surface area contributed by atoms with Crippen LogP contribution in [0.1, 0.15) is 38.2 Å². The first-order chi connectivity index (χ1) is 10.6. The van der Waals surface area contributed by atoms with Gasteiger partial charge in [0.05, 0.1) is 11.9 Å². The molecule has 1 aliphatic heterocycles. The third-order valence-electron chi connectivity index (χ3n) is 4.30. The molecule has 2 aromatic rings. The highest BCUT2D eigenvalue weighted by molar-refractivity contribution is 6.10. The normalized spacial score (nSPS) is 16.7. The lowest BCUT2D eigenvalue weighted by Crippen LogP contribution is -2.49. The highest BCUT2D eigenvalue weighted by Crippen LogP contribution is 2.32. The number of carbonyl (C=O) groups excluding carboxylic acids is 2. The summed E-state index contributed by atoms with van der Waals surface area (Å²) >= 11 is 0. The Labute approximate surface area is 129 Å². The topological polar surface area (TPSA) is 62.3 Å². The van der Waals surface area contributed by atoms with Crippen LogP contribution in [-0.4, -0.2) is 23.5 Å². The van der Waals surface area contributed by atoms with Crippen molar-refractivity contribution in [1.29, 1.82) is 0 Å². The molecule has 0 radical (unpaired) electrons. The first kappa shape index (κ1) is 14.5. The molecule has 1 aliphatic rings. The largest absolute Gasteiger partial charge is 0.328 e. The Morgan fingerprint density at radius 3 is 2.82 bits per heavy atom. The lowest BCUT2D eigenvalue weighted by Gasteiger charge is -2.27. The Morgan fingerprint density at radius 1 is 1.27 bits per heavy atom. The highest BCUT2D eigenvalue weighted by atomic mass is 16.2. The van der Waals surface area contributed by atoms with E-state index < -0.39 is 0 Å². The van der Waals surface area contributed by atoms with Gasteiger partial charge in [-0.3, -0.25) is 20.0 Å². The molecule has 0 saturated carbocycles. The van der Waals surface area contributed by atoms with E-state index in [2.05, 4.69) is 30.2 Å². The Hall–Kier alpha value is -2.43. The predicted molar refractivity (Wildman–Crippen MR) is 86.0 cm³/mol. The molecule has 22 heavy (non-hydrogen) atoms. The number of amides is 3. The second kappa shape index (κ2) is 5.75. The molecule has 0 aliphatic carbocycles. The minimum atomic E-state index is -0.375. The van der Waals surface area contributed by atoms with Crippen molar-refractivity contribution in [3.63, 3.8) is 0 Å². The third kappa shape index (κ3) is 2.43. The molecule has 2 heterocycles. The molecule has 1 aromatic heterocycles. The molecule has 3 rings (SSSR count). The standard InChI is InChI=1S/C17H19N3O2/c1-3-11(2)12-5-4-6-13-14(12)9-18-10-15(13)20-8-7-16(21)19-17(20)22/h4-6,9-11H,3,7-8H2,1-2H3,(H,19,21,22). The Bertz CT molecular complexity index is 742. The summed E-state index contributed by atoms with van der Waals surface area (Å²) in [4.78, 5) is 29.3. The summed E-state index contributed by atoms with van der Waals surface area (Å²) in [5.74, 6) is 0.201. The van der Waals surface area contributed by atoms with Crippen LogP contribution in [0.3, 0.4) is 0 Å². The highest BCUT2D eigenvalue weighted by Gasteiger charge is 2.26. The summed E-state index contributed by atoms with van der Waals surface area (Å²) < 4.78 is 0. The van der Waals surface area contributed by atoms with Crippen molar-refractivity contribution in [1.82, 2.24) is 10.3 Å². The zero-order valence-corrected chi connectivity index (χ0v) is 12.8. The number of anilines is 1. The van der Waals surface area contributed by atoms with Crippen LogP contribution in [0.25, 0.3) is 10.8 Å². The minimum Gasteiger partial charge on any atom is -0.291 e. The fourth-order valence-corrected chi connectivity index (χ4v) is 2.86. The average Bonchev–Trinajstić information content (AvgIpc) is 2.53. The second-order valence-corrected chi connectivity index (χ2v) is 5.67. The summed E-state index contributed by atoms with van der Waals surface area (Å²) in [6, 6.07) is 5.75. The summed E-state index contributed by atoms with van der Waals surface area (Å²) in [7, 11) is 0. The molecule has 1 N–H and O–H groups in total. The molecular formula is C17H19N3O2. The zero-order chi connectivity index (χ0) is 15.7. The van der Waals surface area contributed by atoms with E-state index in [0.29, 0.717) is 18.9 Å². The van der Waals surface area contributed by atoms with E-state index >= 15 is 0 Å². The van der Waals surface area contributed by atoms with Gasteiger partial charge in [-0.2, -0.15) is 0 Å². The summed E-state index contributed by atoms with van der Waals surface area (Å²) in [5, 5.41) is 4.43. The molecule has 5 nitrogen and oxygen atoms in total. The Kier molecular flexibility index (Phi) is 3.79. The van der Waals surface area contributed by atoms with Crippen LogP contribution in [-0.2, 0) is 4.79 Å². The van der Waals surface area contributed by atoms with Crippen LogP contribution in [0, 0.1) is 0 Å². The first-order valence-electron chi connectivity index (χ1n) is 7.59. The third-order valence-corrected chi connectivity index (χ3v) is 4.30. The molecule has 0 bridgehead atoms. The quantitative estimate of drug-likeness (QED) is 0.946. The number of rotatable bonds is 3. The number of carbonyl (C=O) groups is 2. The Balaban J connectivity index is 2.11. The fourth-order valence-electron chi connectivity index (χ4n) is 2.86. The van der Waals surface area contributed by atoms with E-state index in [-0.39, 0.29) is 11.9 Å². The molecule has 0 spiro atoms.